The smallest absolute Gasteiger partial charge is 0.297 e. The average molecular weight is 323 g/mol. The molecule has 0 atom stereocenters. The van der Waals surface area contributed by atoms with Gasteiger partial charge in [-0.3, -0.25) is 4.79 Å². The minimum Gasteiger partial charge on any atom is -0.317 e. The summed E-state index contributed by atoms with van der Waals surface area (Å²) in [5.74, 6) is -0.471. The van der Waals surface area contributed by atoms with Gasteiger partial charge in [0.1, 0.15) is 11.0 Å². The van der Waals surface area contributed by atoms with E-state index in [1.54, 1.807) is 12.1 Å². The van der Waals surface area contributed by atoms with Crippen molar-refractivity contribution in [1.29, 1.82) is 0 Å². The van der Waals surface area contributed by atoms with Crippen LogP contribution in [0.15, 0.2) is 48.5 Å². The summed E-state index contributed by atoms with van der Waals surface area (Å²) in [7, 11) is 0. The Hall–Kier alpha value is -3.20. The highest BCUT2D eigenvalue weighted by Gasteiger charge is 2.15. The highest BCUT2D eigenvalue weighted by Crippen LogP contribution is 2.21. The van der Waals surface area contributed by atoms with Crippen molar-refractivity contribution in [3.8, 4) is 5.69 Å². The lowest BCUT2D eigenvalue weighted by Gasteiger charge is -2.02. The third-order valence-electron chi connectivity index (χ3n) is 3.14. The van der Waals surface area contributed by atoms with Crippen LogP contribution in [0.4, 0.5) is 5.69 Å². The number of aromatic nitrogens is 6. The maximum atomic E-state index is 12.3. The zero-order valence-corrected chi connectivity index (χ0v) is 12.4. The maximum absolute atomic E-state index is 12.3. The van der Waals surface area contributed by atoms with Gasteiger partial charge in [-0.05, 0) is 29.5 Å². The maximum Gasteiger partial charge on any atom is 0.297 e. The normalized spacial score (nSPS) is 10.8. The standard InChI is InChI=1S/C14H9N7OS/c22-14(15-10-7-4-8-11-12(10)19-23-18-11)13-16-20-21(17-13)9-5-2-1-3-6-9/h1-8H,(H,15,22). The Morgan fingerprint density at radius 2 is 1.91 bits per heavy atom. The third-order valence-corrected chi connectivity index (χ3v) is 3.68. The lowest BCUT2D eigenvalue weighted by atomic mass is 10.2. The van der Waals surface area contributed by atoms with Crippen LogP contribution in [0, 0.1) is 0 Å². The van der Waals surface area contributed by atoms with Crippen molar-refractivity contribution in [3.05, 3.63) is 54.4 Å². The van der Waals surface area contributed by atoms with Crippen molar-refractivity contribution in [2.45, 2.75) is 0 Å². The van der Waals surface area contributed by atoms with Gasteiger partial charge < -0.3 is 5.32 Å². The second-order valence-electron chi connectivity index (χ2n) is 4.63. The molecule has 0 aliphatic rings. The summed E-state index contributed by atoms with van der Waals surface area (Å²) in [6.45, 7) is 0. The number of hydrogen-bond donors (Lipinski definition) is 1. The predicted molar refractivity (Wildman–Crippen MR) is 84.5 cm³/mol. The van der Waals surface area contributed by atoms with Gasteiger partial charge in [-0.1, -0.05) is 24.3 Å². The van der Waals surface area contributed by atoms with Crippen LogP contribution in [0.2, 0.25) is 0 Å². The molecule has 0 aliphatic carbocycles. The van der Waals surface area contributed by atoms with E-state index in [0.717, 1.165) is 22.9 Å². The first-order valence-corrected chi connectivity index (χ1v) is 7.42. The molecule has 0 bridgehead atoms. The third kappa shape index (κ3) is 2.53. The molecule has 2 aromatic carbocycles. The molecule has 9 heteroatoms. The minimum atomic E-state index is -0.451. The fraction of sp³-hybridized carbons (Fsp3) is 0. The molecule has 0 aliphatic heterocycles. The van der Waals surface area contributed by atoms with Crippen LogP contribution >= 0.6 is 11.7 Å². The fourth-order valence-corrected chi connectivity index (χ4v) is 2.61. The second kappa shape index (κ2) is 5.54. The van der Waals surface area contributed by atoms with E-state index in [1.165, 1.54) is 4.80 Å². The summed E-state index contributed by atoms with van der Waals surface area (Å²) in [6.07, 6.45) is 0. The molecular formula is C14H9N7OS. The van der Waals surface area contributed by atoms with Crippen LogP contribution in [-0.2, 0) is 0 Å². The Morgan fingerprint density at radius 3 is 2.78 bits per heavy atom. The molecule has 4 aromatic rings. The molecule has 4 rings (SSSR count). The lowest BCUT2D eigenvalue weighted by molar-refractivity contribution is 0.101. The molecule has 1 amide bonds. The number of hydrogen-bond acceptors (Lipinski definition) is 7. The molecule has 2 heterocycles. The number of benzene rings is 2. The summed E-state index contributed by atoms with van der Waals surface area (Å²) < 4.78 is 8.31. The van der Waals surface area contributed by atoms with E-state index in [4.69, 9.17) is 0 Å². The molecule has 0 radical (unpaired) electrons. The number of para-hydroxylation sites is 1. The summed E-state index contributed by atoms with van der Waals surface area (Å²) in [6, 6.07) is 14.6. The van der Waals surface area contributed by atoms with Crippen LogP contribution in [0.1, 0.15) is 10.6 Å². The van der Waals surface area contributed by atoms with Crippen LogP contribution < -0.4 is 5.32 Å². The predicted octanol–water partition coefficient (Wildman–Crippen LogP) is 1.92. The average Bonchev–Trinajstić information content (AvgIpc) is 3.25. The first-order chi connectivity index (χ1) is 11.3. The van der Waals surface area contributed by atoms with Gasteiger partial charge in [-0.25, -0.2) is 0 Å². The van der Waals surface area contributed by atoms with Gasteiger partial charge in [0, 0.05) is 0 Å². The molecule has 0 saturated carbocycles. The summed E-state index contributed by atoms with van der Waals surface area (Å²) >= 11 is 1.09. The van der Waals surface area contributed by atoms with Crippen molar-refractivity contribution in [1.82, 2.24) is 29.0 Å². The van der Waals surface area contributed by atoms with Crippen molar-refractivity contribution >= 4 is 34.4 Å². The zero-order valence-electron chi connectivity index (χ0n) is 11.6. The van der Waals surface area contributed by atoms with Crippen LogP contribution in [0.25, 0.3) is 16.7 Å². The van der Waals surface area contributed by atoms with Crippen molar-refractivity contribution in [2.75, 3.05) is 5.32 Å². The molecule has 8 nitrogen and oxygen atoms in total. The van der Waals surface area contributed by atoms with E-state index in [1.807, 2.05) is 36.4 Å². The van der Waals surface area contributed by atoms with Crippen molar-refractivity contribution in [2.24, 2.45) is 0 Å². The van der Waals surface area contributed by atoms with E-state index in [-0.39, 0.29) is 5.82 Å². The SMILES string of the molecule is O=C(Nc1cccc2nsnc12)c1nnn(-c2ccccc2)n1. The van der Waals surface area contributed by atoms with Gasteiger partial charge >= 0.3 is 0 Å². The fourth-order valence-electron chi connectivity index (χ4n) is 2.06. The zero-order chi connectivity index (χ0) is 15.6. The highest BCUT2D eigenvalue weighted by molar-refractivity contribution is 7.00. The molecule has 0 unspecified atom stereocenters. The van der Waals surface area contributed by atoms with Gasteiger partial charge in [-0.2, -0.15) is 8.75 Å². The van der Waals surface area contributed by atoms with E-state index < -0.39 is 5.91 Å². The molecule has 23 heavy (non-hydrogen) atoms. The number of nitrogens with one attached hydrogen (secondary N) is 1. The van der Waals surface area contributed by atoms with E-state index in [0.29, 0.717) is 11.2 Å². The molecule has 112 valence electrons. The summed E-state index contributed by atoms with van der Waals surface area (Å²) in [4.78, 5) is 13.6. The first kappa shape index (κ1) is 13.5. The number of fused-ring (bicyclic) bond motifs is 1. The number of tetrazole rings is 1. The van der Waals surface area contributed by atoms with Crippen LogP contribution in [0.5, 0.6) is 0 Å². The number of carbonyl (C=O) groups excluding carboxylic acids is 1. The Morgan fingerprint density at radius 1 is 1.04 bits per heavy atom. The van der Waals surface area contributed by atoms with Crippen molar-refractivity contribution in [3.63, 3.8) is 0 Å². The van der Waals surface area contributed by atoms with Gasteiger partial charge in [0.05, 0.1) is 23.1 Å². The van der Waals surface area contributed by atoms with Crippen LogP contribution in [-0.4, -0.2) is 34.9 Å². The quantitative estimate of drug-likeness (QED) is 0.618. The van der Waals surface area contributed by atoms with E-state index >= 15 is 0 Å². The Labute approximate surface area is 134 Å². The first-order valence-electron chi connectivity index (χ1n) is 6.69. The minimum absolute atomic E-state index is 0.0194. The number of carbonyl (C=O) groups is 1. The molecule has 2 aromatic heterocycles. The Kier molecular flexibility index (Phi) is 3.24. The monoisotopic (exact) mass is 323 g/mol. The van der Waals surface area contributed by atoms with Crippen LogP contribution in [0.3, 0.4) is 0 Å². The topological polar surface area (TPSA) is 98.5 Å². The molecule has 1 N–H and O–H groups in total. The molecule has 0 spiro atoms. The number of nitrogens with zero attached hydrogens (tertiary/aromatic N) is 6. The van der Waals surface area contributed by atoms with Gasteiger partial charge in [0.2, 0.25) is 0 Å². The second-order valence-corrected chi connectivity index (χ2v) is 5.16. The van der Waals surface area contributed by atoms with Crippen molar-refractivity contribution < 1.29 is 4.79 Å². The number of rotatable bonds is 3. The highest BCUT2D eigenvalue weighted by atomic mass is 32.1. The molecule has 0 fully saturated rings. The lowest BCUT2D eigenvalue weighted by Crippen LogP contribution is -2.14. The summed E-state index contributed by atoms with van der Waals surface area (Å²) in [5, 5.41) is 14.5. The van der Waals surface area contributed by atoms with E-state index in [9.17, 15) is 4.79 Å². The molecule has 0 saturated heterocycles. The largest absolute Gasteiger partial charge is 0.317 e. The van der Waals surface area contributed by atoms with Gasteiger partial charge in [0.15, 0.2) is 0 Å². The Bertz CT molecular complexity index is 979. The molecular weight excluding hydrogens is 314 g/mol. The van der Waals surface area contributed by atoms with E-state index in [2.05, 4.69) is 29.5 Å². The number of amides is 1. The van der Waals surface area contributed by atoms with Gasteiger partial charge in [0.25, 0.3) is 11.7 Å². The Balaban J connectivity index is 1.60. The number of anilines is 1. The summed E-state index contributed by atoms with van der Waals surface area (Å²) in [5.41, 5.74) is 2.66. The van der Waals surface area contributed by atoms with Gasteiger partial charge in [-0.15, -0.1) is 15.0 Å².